The largest absolute Gasteiger partial charge is 0.505 e. The number of hydrogen-bond acceptors (Lipinski definition) is 5. The third-order valence-electron chi connectivity index (χ3n) is 4.86. The summed E-state index contributed by atoms with van der Waals surface area (Å²) in [5.74, 6) is -1.01. The normalized spacial score (nSPS) is 10.6. The van der Waals surface area contributed by atoms with E-state index < -0.39 is 11.8 Å². The van der Waals surface area contributed by atoms with Crippen molar-refractivity contribution in [3.63, 3.8) is 0 Å². The summed E-state index contributed by atoms with van der Waals surface area (Å²) in [5, 5.41) is 10.5. The molecule has 0 spiro atoms. The molecule has 1 N–H and O–H groups in total. The summed E-state index contributed by atoms with van der Waals surface area (Å²) in [5.41, 5.74) is 1.15. The standard InChI is InChI=1S/C24H31NO4/c1-4-5-6-7-8-11-17-29-24(28)19-14-10-9-13-18(19)22(26)20-15-12-16-21(23(20)27)25(2)3/h9-10,12-16,27H,4-8,11,17H2,1-3H3. The van der Waals surface area contributed by atoms with Crippen molar-refractivity contribution in [1.29, 1.82) is 0 Å². The number of unbranched alkanes of at least 4 members (excludes halogenated alkanes) is 5. The second kappa shape index (κ2) is 11.2. The van der Waals surface area contributed by atoms with E-state index in [1.54, 1.807) is 61.5 Å². The predicted molar refractivity (Wildman–Crippen MR) is 116 cm³/mol. The van der Waals surface area contributed by atoms with Gasteiger partial charge in [-0.25, -0.2) is 4.79 Å². The first-order chi connectivity index (χ1) is 14.0. The number of ketones is 1. The molecule has 0 radical (unpaired) electrons. The fourth-order valence-corrected chi connectivity index (χ4v) is 3.20. The maximum absolute atomic E-state index is 13.1. The van der Waals surface area contributed by atoms with E-state index in [2.05, 4.69) is 6.92 Å². The Bertz CT molecular complexity index is 829. The van der Waals surface area contributed by atoms with E-state index in [1.165, 1.54) is 19.3 Å². The number of carbonyl (C=O) groups excluding carboxylic acids is 2. The van der Waals surface area contributed by atoms with Gasteiger partial charge in [0.2, 0.25) is 0 Å². The Labute approximate surface area is 173 Å². The van der Waals surface area contributed by atoms with Crippen LogP contribution in [0.2, 0.25) is 0 Å². The average molecular weight is 398 g/mol. The monoisotopic (exact) mass is 397 g/mol. The average Bonchev–Trinajstić information content (AvgIpc) is 2.72. The van der Waals surface area contributed by atoms with Crippen LogP contribution in [0.25, 0.3) is 0 Å². The van der Waals surface area contributed by atoms with E-state index in [0.29, 0.717) is 12.3 Å². The van der Waals surface area contributed by atoms with Gasteiger partial charge in [0.05, 0.1) is 23.4 Å². The number of aromatic hydroxyl groups is 1. The highest BCUT2D eigenvalue weighted by atomic mass is 16.5. The highest BCUT2D eigenvalue weighted by molar-refractivity contribution is 6.16. The van der Waals surface area contributed by atoms with E-state index in [4.69, 9.17) is 4.74 Å². The highest BCUT2D eigenvalue weighted by Gasteiger charge is 2.22. The van der Waals surface area contributed by atoms with Gasteiger partial charge in [-0.3, -0.25) is 4.79 Å². The number of ether oxygens (including phenoxy) is 1. The number of phenols is 1. The molecule has 0 bridgehead atoms. The number of rotatable bonds is 11. The van der Waals surface area contributed by atoms with Gasteiger partial charge in [-0.2, -0.15) is 0 Å². The van der Waals surface area contributed by atoms with Crippen molar-refractivity contribution >= 4 is 17.4 Å². The van der Waals surface area contributed by atoms with Crippen LogP contribution in [0.4, 0.5) is 5.69 Å². The first kappa shape index (κ1) is 22.5. The van der Waals surface area contributed by atoms with Gasteiger partial charge >= 0.3 is 5.97 Å². The van der Waals surface area contributed by atoms with Gasteiger partial charge in [0.25, 0.3) is 0 Å². The van der Waals surface area contributed by atoms with Crippen molar-refractivity contribution in [3.05, 3.63) is 59.2 Å². The summed E-state index contributed by atoms with van der Waals surface area (Å²) in [4.78, 5) is 27.3. The summed E-state index contributed by atoms with van der Waals surface area (Å²) in [6.07, 6.45) is 6.62. The van der Waals surface area contributed by atoms with E-state index >= 15 is 0 Å². The molecular weight excluding hydrogens is 366 g/mol. The Kier molecular flexibility index (Phi) is 8.71. The maximum atomic E-state index is 13.1. The molecule has 0 fully saturated rings. The molecule has 0 saturated carbocycles. The summed E-state index contributed by atoms with van der Waals surface area (Å²) < 4.78 is 5.39. The number of phenolic OH excluding ortho intramolecular Hbond substituents is 1. The Morgan fingerprint density at radius 2 is 1.48 bits per heavy atom. The molecule has 0 amide bonds. The lowest BCUT2D eigenvalue weighted by atomic mass is 9.97. The second-order valence-corrected chi connectivity index (χ2v) is 7.35. The fourth-order valence-electron chi connectivity index (χ4n) is 3.20. The van der Waals surface area contributed by atoms with Crippen LogP contribution < -0.4 is 4.90 Å². The van der Waals surface area contributed by atoms with Crippen molar-refractivity contribution in [2.45, 2.75) is 45.4 Å². The molecule has 5 heteroatoms. The molecule has 2 aromatic rings. The minimum atomic E-state index is -0.509. The Morgan fingerprint density at radius 3 is 2.17 bits per heavy atom. The zero-order valence-corrected chi connectivity index (χ0v) is 17.6. The minimum absolute atomic E-state index is 0.0993. The van der Waals surface area contributed by atoms with Crippen LogP contribution in [0, 0.1) is 0 Å². The zero-order chi connectivity index (χ0) is 21.2. The molecule has 2 rings (SSSR count). The number of hydrogen-bond donors (Lipinski definition) is 1. The molecule has 0 aliphatic carbocycles. The molecule has 0 heterocycles. The fraction of sp³-hybridized carbons (Fsp3) is 0.417. The molecule has 0 unspecified atom stereocenters. The van der Waals surface area contributed by atoms with Crippen LogP contribution in [0.3, 0.4) is 0 Å². The number of esters is 1. The van der Waals surface area contributed by atoms with E-state index in [9.17, 15) is 14.7 Å². The van der Waals surface area contributed by atoms with Gasteiger partial charge in [-0.15, -0.1) is 0 Å². The van der Waals surface area contributed by atoms with Gasteiger partial charge in [0, 0.05) is 19.7 Å². The van der Waals surface area contributed by atoms with Gasteiger partial charge < -0.3 is 14.7 Å². The number of anilines is 1. The van der Waals surface area contributed by atoms with Crippen molar-refractivity contribution in [1.82, 2.24) is 0 Å². The summed E-state index contributed by atoms with van der Waals surface area (Å²) in [6, 6.07) is 11.6. The third-order valence-corrected chi connectivity index (χ3v) is 4.86. The van der Waals surface area contributed by atoms with Gasteiger partial charge in [-0.05, 0) is 24.6 Å². The predicted octanol–water partition coefficient (Wildman–Crippen LogP) is 5.21. The lowest BCUT2D eigenvalue weighted by Crippen LogP contribution is -2.14. The smallest absolute Gasteiger partial charge is 0.338 e. The minimum Gasteiger partial charge on any atom is -0.505 e. The van der Waals surface area contributed by atoms with Crippen molar-refractivity contribution in [2.75, 3.05) is 25.6 Å². The molecule has 156 valence electrons. The quantitative estimate of drug-likeness (QED) is 0.320. The van der Waals surface area contributed by atoms with E-state index in [1.807, 2.05) is 0 Å². The van der Waals surface area contributed by atoms with E-state index in [0.717, 1.165) is 19.3 Å². The topological polar surface area (TPSA) is 66.8 Å². The van der Waals surface area contributed by atoms with Crippen LogP contribution in [0.5, 0.6) is 5.75 Å². The Morgan fingerprint density at radius 1 is 0.862 bits per heavy atom. The van der Waals surface area contributed by atoms with Gasteiger partial charge in [0.15, 0.2) is 5.78 Å². The number of para-hydroxylation sites is 1. The van der Waals surface area contributed by atoms with Crippen molar-refractivity contribution in [2.24, 2.45) is 0 Å². The van der Waals surface area contributed by atoms with Crippen LogP contribution in [0.1, 0.15) is 71.7 Å². The third kappa shape index (κ3) is 6.08. The molecule has 5 nitrogen and oxygen atoms in total. The van der Waals surface area contributed by atoms with Crippen molar-refractivity contribution in [3.8, 4) is 5.75 Å². The maximum Gasteiger partial charge on any atom is 0.338 e. The molecule has 29 heavy (non-hydrogen) atoms. The molecule has 0 aromatic heterocycles. The first-order valence-electron chi connectivity index (χ1n) is 10.3. The van der Waals surface area contributed by atoms with Crippen LogP contribution in [-0.2, 0) is 4.74 Å². The Hall–Kier alpha value is -2.82. The van der Waals surface area contributed by atoms with Gasteiger partial charge in [0.1, 0.15) is 5.75 Å². The van der Waals surface area contributed by atoms with Crippen LogP contribution in [0.15, 0.2) is 42.5 Å². The number of carbonyl (C=O) groups is 2. The SMILES string of the molecule is CCCCCCCCOC(=O)c1ccccc1C(=O)c1cccc(N(C)C)c1O. The molecule has 0 saturated heterocycles. The molecular formula is C24H31NO4. The Balaban J connectivity index is 2.09. The summed E-state index contributed by atoms with van der Waals surface area (Å²) in [6.45, 7) is 2.52. The van der Waals surface area contributed by atoms with E-state index in [-0.39, 0.29) is 22.4 Å². The lowest BCUT2D eigenvalue weighted by Gasteiger charge is -2.16. The molecule has 0 aliphatic rings. The summed E-state index contributed by atoms with van der Waals surface area (Å²) >= 11 is 0. The lowest BCUT2D eigenvalue weighted by molar-refractivity contribution is 0.0495. The molecule has 0 atom stereocenters. The molecule has 2 aromatic carbocycles. The zero-order valence-electron chi connectivity index (χ0n) is 17.6. The van der Waals surface area contributed by atoms with Gasteiger partial charge in [-0.1, -0.05) is 63.3 Å². The van der Waals surface area contributed by atoms with Crippen LogP contribution in [-0.4, -0.2) is 37.6 Å². The highest BCUT2D eigenvalue weighted by Crippen LogP contribution is 2.31. The van der Waals surface area contributed by atoms with Crippen LogP contribution >= 0.6 is 0 Å². The summed E-state index contributed by atoms with van der Waals surface area (Å²) in [7, 11) is 3.58. The molecule has 0 aliphatic heterocycles. The number of nitrogens with zero attached hydrogens (tertiary/aromatic N) is 1. The second-order valence-electron chi connectivity index (χ2n) is 7.35. The number of benzene rings is 2. The van der Waals surface area contributed by atoms with Crippen molar-refractivity contribution < 1.29 is 19.4 Å². The first-order valence-corrected chi connectivity index (χ1v) is 10.3.